The fourth-order valence-electron chi connectivity index (χ4n) is 3.40. The van der Waals surface area contributed by atoms with Gasteiger partial charge in [0.15, 0.2) is 5.69 Å². The number of nitrogens with zero attached hydrogens (tertiary/aromatic N) is 3. The van der Waals surface area contributed by atoms with Crippen LogP contribution in [-0.2, 0) is 16.6 Å². The van der Waals surface area contributed by atoms with Crippen LogP contribution in [0.4, 0.5) is 0 Å². The van der Waals surface area contributed by atoms with E-state index >= 15 is 0 Å². The van der Waals surface area contributed by atoms with Crippen molar-refractivity contribution in [2.75, 3.05) is 13.1 Å². The minimum absolute atomic E-state index is 0.126. The number of sulfonamides is 1. The zero-order chi connectivity index (χ0) is 19.2. The molecule has 1 aromatic carbocycles. The van der Waals surface area contributed by atoms with Crippen LogP contribution in [-0.4, -0.2) is 41.3 Å². The summed E-state index contributed by atoms with van der Waals surface area (Å²) >= 11 is 0. The number of aromatic nitrogens is 2. The quantitative estimate of drug-likeness (QED) is 0.851. The van der Waals surface area contributed by atoms with Crippen LogP contribution in [0, 0.1) is 11.8 Å². The Balaban J connectivity index is 1.79. The highest BCUT2D eigenvalue weighted by Gasteiger charge is 2.35. The predicted octanol–water partition coefficient (Wildman–Crippen LogP) is 2.17. The Morgan fingerprint density at radius 2 is 2.04 bits per heavy atom. The first-order chi connectivity index (χ1) is 12.9. The largest absolute Gasteiger partial charge is 0.350 e. The summed E-state index contributed by atoms with van der Waals surface area (Å²) in [6, 6.07) is 6.88. The Morgan fingerprint density at radius 3 is 2.74 bits per heavy atom. The van der Waals surface area contributed by atoms with E-state index < -0.39 is 10.0 Å². The van der Waals surface area contributed by atoms with E-state index in [0.717, 1.165) is 12.8 Å². The number of para-hydroxylation sites is 1. The number of nitrogens with one attached hydrogen (secondary N) is 1. The molecule has 2 aliphatic rings. The van der Waals surface area contributed by atoms with Gasteiger partial charge in [-0.2, -0.15) is 4.31 Å². The molecule has 144 valence electrons. The molecule has 1 aliphatic carbocycles. The van der Waals surface area contributed by atoms with Crippen molar-refractivity contribution in [2.45, 2.75) is 38.1 Å². The van der Waals surface area contributed by atoms with Gasteiger partial charge in [-0.1, -0.05) is 26.0 Å². The highest BCUT2D eigenvalue weighted by molar-refractivity contribution is 7.89. The molecule has 0 spiro atoms. The topological polar surface area (TPSA) is 84.3 Å². The highest BCUT2D eigenvalue weighted by atomic mass is 32.2. The Labute approximate surface area is 159 Å². The zero-order valence-corrected chi connectivity index (χ0v) is 16.4. The fraction of sp³-hybridized carbons (Fsp3) is 0.474. The Morgan fingerprint density at radius 1 is 1.30 bits per heavy atom. The molecule has 1 saturated carbocycles. The van der Waals surface area contributed by atoms with E-state index in [1.54, 1.807) is 35.2 Å². The van der Waals surface area contributed by atoms with E-state index in [4.69, 9.17) is 0 Å². The van der Waals surface area contributed by atoms with Gasteiger partial charge in [-0.15, -0.1) is 0 Å². The molecule has 27 heavy (non-hydrogen) atoms. The molecule has 0 saturated heterocycles. The molecule has 2 aromatic rings. The van der Waals surface area contributed by atoms with Gasteiger partial charge in [-0.3, -0.25) is 9.36 Å². The molecular formula is C19H24N4O3S. The van der Waals surface area contributed by atoms with E-state index in [0.29, 0.717) is 36.1 Å². The highest BCUT2D eigenvalue weighted by Crippen LogP contribution is 2.32. The lowest BCUT2D eigenvalue weighted by atomic mass is 10.2. The number of imidazole rings is 1. The lowest BCUT2D eigenvalue weighted by Crippen LogP contribution is -2.34. The average Bonchev–Trinajstić information content (AvgIpc) is 3.38. The monoisotopic (exact) mass is 388 g/mol. The summed E-state index contributed by atoms with van der Waals surface area (Å²) < 4.78 is 29.6. The van der Waals surface area contributed by atoms with Crippen molar-refractivity contribution < 1.29 is 13.2 Å². The molecule has 0 radical (unpaired) electrons. The van der Waals surface area contributed by atoms with Crippen molar-refractivity contribution in [1.29, 1.82) is 0 Å². The summed E-state index contributed by atoms with van der Waals surface area (Å²) in [7, 11) is -3.66. The van der Waals surface area contributed by atoms with Gasteiger partial charge in [0, 0.05) is 13.1 Å². The third-order valence-corrected chi connectivity index (χ3v) is 6.83. The number of rotatable bonds is 5. The molecule has 0 bridgehead atoms. The van der Waals surface area contributed by atoms with Crippen molar-refractivity contribution in [3.05, 3.63) is 42.0 Å². The molecule has 1 amide bonds. The summed E-state index contributed by atoms with van der Waals surface area (Å²) in [6.07, 6.45) is 3.85. The second kappa shape index (κ2) is 6.76. The lowest BCUT2D eigenvalue weighted by Gasteiger charge is -2.22. The van der Waals surface area contributed by atoms with Crippen molar-refractivity contribution in [3.8, 4) is 5.69 Å². The maximum atomic E-state index is 13.2. The van der Waals surface area contributed by atoms with E-state index in [1.807, 2.05) is 13.8 Å². The van der Waals surface area contributed by atoms with Gasteiger partial charge >= 0.3 is 0 Å². The minimum Gasteiger partial charge on any atom is -0.350 e. The summed E-state index contributed by atoms with van der Waals surface area (Å²) in [6.45, 7) is 5.11. The van der Waals surface area contributed by atoms with Gasteiger partial charge in [0.1, 0.15) is 11.2 Å². The van der Waals surface area contributed by atoms with Crippen LogP contribution in [0.15, 0.2) is 35.5 Å². The van der Waals surface area contributed by atoms with Gasteiger partial charge in [0.05, 0.1) is 17.9 Å². The van der Waals surface area contributed by atoms with Gasteiger partial charge in [-0.25, -0.2) is 13.4 Å². The number of carbonyl (C=O) groups excluding carboxylic acids is 1. The van der Waals surface area contributed by atoms with Crippen LogP contribution in [0.25, 0.3) is 5.69 Å². The maximum absolute atomic E-state index is 13.2. The van der Waals surface area contributed by atoms with Crippen LogP contribution < -0.4 is 5.32 Å². The number of hydrogen-bond acceptors (Lipinski definition) is 4. The second-order valence-electron chi connectivity index (χ2n) is 7.72. The average molecular weight is 388 g/mol. The maximum Gasteiger partial charge on any atom is 0.271 e. The van der Waals surface area contributed by atoms with Crippen molar-refractivity contribution >= 4 is 15.9 Å². The molecule has 0 unspecified atom stereocenters. The normalized spacial score (nSPS) is 18.6. The number of carbonyl (C=O) groups is 1. The molecule has 7 nitrogen and oxygen atoms in total. The molecule has 2 heterocycles. The second-order valence-corrected chi connectivity index (χ2v) is 9.63. The molecule has 1 aliphatic heterocycles. The summed E-state index contributed by atoms with van der Waals surface area (Å²) in [5, 5.41) is 2.94. The zero-order valence-electron chi connectivity index (χ0n) is 15.6. The van der Waals surface area contributed by atoms with E-state index in [2.05, 4.69) is 10.3 Å². The third kappa shape index (κ3) is 3.39. The Hall–Kier alpha value is -2.19. The molecule has 1 N–H and O–H groups in total. The third-order valence-electron chi connectivity index (χ3n) is 4.97. The molecule has 8 heteroatoms. The smallest absolute Gasteiger partial charge is 0.271 e. The van der Waals surface area contributed by atoms with E-state index in [-0.39, 0.29) is 23.3 Å². The molecule has 4 rings (SSSR count). The molecular weight excluding hydrogens is 364 g/mol. The first kappa shape index (κ1) is 18.2. The number of benzene rings is 1. The standard InChI is InChI=1S/C19H24N4O3S/c1-13(2)10-22-11-16-18(19(24)20-9-14-7-8-14)21-12-23(16)15-5-3-4-6-17(15)27(22,25)26/h3-6,12-14H,7-11H2,1-2H3,(H,20,24). The van der Waals surface area contributed by atoms with Gasteiger partial charge in [0.2, 0.25) is 10.0 Å². The van der Waals surface area contributed by atoms with Crippen LogP contribution in [0.3, 0.4) is 0 Å². The number of hydrogen-bond donors (Lipinski definition) is 1. The molecule has 1 aromatic heterocycles. The van der Waals surface area contributed by atoms with Crippen LogP contribution in [0.5, 0.6) is 0 Å². The Bertz CT molecular complexity index is 977. The summed E-state index contributed by atoms with van der Waals surface area (Å²) in [5.41, 5.74) is 1.45. The van der Waals surface area contributed by atoms with Crippen LogP contribution >= 0.6 is 0 Å². The Kier molecular flexibility index (Phi) is 4.55. The predicted molar refractivity (Wildman–Crippen MR) is 101 cm³/mol. The van der Waals surface area contributed by atoms with Crippen molar-refractivity contribution in [2.24, 2.45) is 11.8 Å². The summed E-state index contributed by atoms with van der Waals surface area (Å²) in [4.78, 5) is 17.2. The first-order valence-corrected chi connectivity index (χ1v) is 10.8. The lowest BCUT2D eigenvalue weighted by molar-refractivity contribution is 0.0945. The van der Waals surface area contributed by atoms with Crippen LogP contribution in [0.2, 0.25) is 0 Å². The number of fused-ring (bicyclic) bond motifs is 3. The van der Waals surface area contributed by atoms with Gasteiger partial charge < -0.3 is 5.32 Å². The van der Waals surface area contributed by atoms with Gasteiger partial charge in [0.25, 0.3) is 5.91 Å². The first-order valence-electron chi connectivity index (χ1n) is 9.32. The van der Waals surface area contributed by atoms with E-state index in [9.17, 15) is 13.2 Å². The van der Waals surface area contributed by atoms with Crippen LogP contribution in [0.1, 0.15) is 42.9 Å². The molecule has 0 atom stereocenters. The van der Waals surface area contributed by atoms with E-state index in [1.165, 1.54) is 4.31 Å². The fourth-order valence-corrected chi connectivity index (χ4v) is 5.15. The van der Waals surface area contributed by atoms with Crippen molar-refractivity contribution in [3.63, 3.8) is 0 Å². The van der Waals surface area contributed by atoms with Crippen molar-refractivity contribution in [1.82, 2.24) is 19.2 Å². The molecule has 1 fully saturated rings. The SMILES string of the molecule is CC(C)CN1Cc2c(C(=O)NCC3CC3)ncn2-c2ccccc2S1(=O)=O. The minimum atomic E-state index is -3.66. The summed E-state index contributed by atoms with van der Waals surface area (Å²) in [5.74, 6) is 0.485. The number of amides is 1. The van der Waals surface area contributed by atoms with Gasteiger partial charge in [-0.05, 0) is 36.8 Å².